The number of ether oxygens (including phenoxy) is 5. The first-order valence-electron chi connectivity index (χ1n) is 20.5. The smallest absolute Gasteiger partial charge is 0.338 e. The van der Waals surface area contributed by atoms with Crippen LogP contribution in [0.2, 0.25) is 0 Å². The van der Waals surface area contributed by atoms with E-state index < -0.39 is 118 Å². The molecule has 2 aromatic rings. The lowest BCUT2D eigenvalue weighted by atomic mass is 9.44. The molecule has 15 nitrogen and oxygen atoms in total. The van der Waals surface area contributed by atoms with Gasteiger partial charge in [-0.3, -0.25) is 19.2 Å². The third-order valence-electron chi connectivity index (χ3n) is 13.2. The number of Topliss-reactive ketones (excluding diaryl/α,β-unsaturated/α-hetero) is 1. The van der Waals surface area contributed by atoms with Gasteiger partial charge in [0.25, 0.3) is 0 Å². The fourth-order valence-electron chi connectivity index (χ4n) is 10.1. The van der Waals surface area contributed by atoms with E-state index in [1.54, 1.807) is 62.4 Å². The van der Waals surface area contributed by atoms with E-state index in [4.69, 9.17) is 23.7 Å². The van der Waals surface area contributed by atoms with E-state index >= 15 is 4.79 Å². The molecule has 61 heavy (non-hydrogen) atoms. The van der Waals surface area contributed by atoms with Gasteiger partial charge in [0.1, 0.15) is 23.9 Å². The number of benzene rings is 2. The van der Waals surface area contributed by atoms with Gasteiger partial charge in [0.15, 0.2) is 23.6 Å². The number of amides is 1. The number of carbonyl (C=O) groups excluding carboxylic acids is 6. The molecule has 0 aromatic heterocycles. The van der Waals surface area contributed by atoms with Gasteiger partial charge in [0.05, 0.1) is 35.6 Å². The van der Waals surface area contributed by atoms with Gasteiger partial charge < -0.3 is 44.3 Å². The lowest BCUT2D eigenvalue weighted by Crippen LogP contribution is -2.82. The van der Waals surface area contributed by atoms with Gasteiger partial charge in [-0.15, -0.1) is 0 Å². The van der Waals surface area contributed by atoms with Crippen molar-refractivity contribution in [1.29, 1.82) is 0 Å². The van der Waals surface area contributed by atoms with Crippen LogP contribution in [0.1, 0.15) is 104 Å². The Morgan fingerprint density at radius 3 is 2.07 bits per heavy atom. The Bertz CT molecular complexity index is 2090. The molecule has 0 spiro atoms. The fourth-order valence-corrected chi connectivity index (χ4v) is 10.1. The molecule has 330 valence electrons. The van der Waals surface area contributed by atoms with Crippen LogP contribution >= 0.6 is 0 Å². The second-order valence-electron chi connectivity index (χ2n) is 18.8. The number of esters is 4. The van der Waals surface area contributed by atoms with E-state index in [-0.39, 0.29) is 36.2 Å². The molecule has 2 aromatic carbocycles. The van der Waals surface area contributed by atoms with Crippen LogP contribution in [0.3, 0.4) is 0 Å². The molecule has 1 amide bonds. The standard InChI is InChI=1S/C46H57NO14/c1-24-29(59-41(55)35(52)34(27-16-12-10-13-17-27)47-32(51)22-42(4,5)6)21-46(56)39(60-40(54)28-18-14-11-15-19-28)37-44(9,30(50)20-31-45(37,23-57-31)61-26(3)49)38(53)36(58-25(2)48)33(24)43(46,7)8/h10-19,29-31,34-37,39,50,52,56H,20-23H2,1-9H3,(H,47,51)/t29-,30-,31?,34+,35+,36+,37-,39-,44+,45-,46+/m0/s1. The van der Waals surface area contributed by atoms with E-state index in [0.717, 1.165) is 13.8 Å². The zero-order valence-electron chi connectivity index (χ0n) is 36.1. The summed E-state index contributed by atoms with van der Waals surface area (Å²) in [4.78, 5) is 83.2. The highest BCUT2D eigenvalue weighted by Gasteiger charge is 2.78. The van der Waals surface area contributed by atoms with Crippen molar-refractivity contribution in [3.8, 4) is 0 Å². The summed E-state index contributed by atoms with van der Waals surface area (Å²) in [6.45, 7) is 13.6. The molecular formula is C46H57NO14. The van der Waals surface area contributed by atoms with Crippen molar-refractivity contribution in [3.63, 3.8) is 0 Å². The molecule has 6 rings (SSSR count). The first kappa shape index (κ1) is 45.6. The highest BCUT2D eigenvalue weighted by Crippen LogP contribution is 2.64. The fraction of sp³-hybridized carbons (Fsp3) is 0.565. The van der Waals surface area contributed by atoms with Crippen LogP contribution in [-0.2, 0) is 47.7 Å². The molecule has 4 N–H and O–H groups in total. The summed E-state index contributed by atoms with van der Waals surface area (Å²) < 4.78 is 30.3. The van der Waals surface area contributed by atoms with E-state index in [0.29, 0.717) is 5.56 Å². The van der Waals surface area contributed by atoms with E-state index in [2.05, 4.69) is 5.32 Å². The van der Waals surface area contributed by atoms with Gasteiger partial charge in [-0.05, 0) is 48.1 Å². The minimum atomic E-state index is -2.38. The molecule has 0 radical (unpaired) electrons. The van der Waals surface area contributed by atoms with Crippen molar-refractivity contribution in [2.75, 3.05) is 6.61 Å². The average Bonchev–Trinajstić information content (AvgIpc) is 3.17. The first-order chi connectivity index (χ1) is 28.4. The predicted molar refractivity (Wildman–Crippen MR) is 216 cm³/mol. The van der Waals surface area contributed by atoms with Crippen LogP contribution < -0.4 is 5.32 Å². The number of hydrogen-bond acceptors (Lipinski definition) is 14. The highest BCUT2D eigenvalue weighted by molar-refractivity contribution is 5.95. The lowest BCUT2D eigenvalue weighted by Gasteiger charge is -2.67. The number of aliphatic hydroxyl groups excluding tert-OH is 2. The summed E-state index contributed by atoms with van der Waals surface area (Å²) in [5.41, 5.74) is -7.60. The molecule has 1 heterocycles. The normalized spacial score (nSPS) is 32.6. The molecular weight excluding hydrogens is 790 g/mol. The second-order valence-corrected chi connectivity index (χ2v) is 18.8. The van der Waals surface area contributed by atoms with E-state index in [1.807, 2.05) is 20.8 Å². The van der Waals surface area contributed by atoms with Crippen molar-refractivity contribution in [1.82, 2.24) is 5.32 Å². The second kappa shape index (κ2) is 16.4. The van der Waals surface area contributed by atoms with Crippen molar-refractivity contribution < 1.29 is 67.8 Å². The molecule has 1 unspecified atom stereocenters. The van der Waals surface area contributed by atoms with E-state index in [1.165, 1.54) is 26.0 Å². The number of hydrogen-bond donors (Lipinski definition) is 4. The minimum Gasteiger partial charge on any atom is -0.456 e. The van der Waals surface area contributed by atoms with Crippen LogP contribution in [0, 0.1) is 22.2 Å². The molecule has 1 aliphatic heterocycles. The van der Waals surface area contributed by atoms with Crippen LogP contribution in [0.25, 0.3) is 0 Å². The Hall–Kier alpha value is -4.96. The summed E-state index contributed by atoms with van der Waals surface area (Å²) in [7, 11) is 0. The summed E-state index contributed by atoms with van der Waals surface area (Å²) >= 11 is 0. The monoisotopic (exact) mass is 847 g/mol. The van der Waals surface area contributed by atoms with Gasteiger partial charge in [-0.2, -0.15) is 0 Å². The van der Waals surface area contributed by atoms with Crippen molar-refractivity contribution in [2.24, 2.45) is 22.2 Å². The Balaban J connectivity index is 1.54. The molecule has 1 saturated heterocycles. The zero-order valence-corrected chi connectivity index (χ0v) is 36.1. The summed E-state index contributed by atoms with van der Waals surface area (Å²) in [5.74, 6) is -6.63. The molecule has 4 aliphatic rings. The summed E-state index contributed by atoms with van der Waals surface area (Å²) in [6, 6.07) is 14.9. The molecule has 3 fully saturated rings. The average molecular weight is 848 g/mol. The number of nitrogens with one attached hydrogen (secondary N) is 1. The summed E-state index contributed by atoms with van der Waals surface area (Å²) in [5, 5.41) is 40.2. The predicted octanol–water partition coefficient (Wildman–Crippen LogP) is 3.86. The third-order valence-corrected chi connectivity index (χ3v) is 13.2. The SMILES string of the molecule is CC(=O)O[C@H]1C(=O)[C@]2(C)[C@@H](O)CC3OC[C@@]3(OC(C)=O)[C@H]2[C@H](OC(=O)c2ccccc2)[C@]2(O)C[C@H](OC(=O)[C@H](O)[C@H](NC(=O)CC(C)(C)C)c3ccccc3)C(C)=C1C2(C)C. The maximum Gasteiger partial charge on any atom is 0.338 e. The Kier molecular flexibility index (Phi) is 12.2. The Morgan fingerprint density at radius 2 is 1.52 bits per heavy atom. The third kappa shape index (κ3) is 8.01. The Labute approximate surface area is 355 Å². The number of aliphatic hydroxyl groups is 3. The van der Waals surface area contributed by atoms with Crippen molar-refractivity contribution in [2.45, 2.75) is 135 Å². The van der Waals surface area contributed by atoms with Crippen molar-refractivity contribution in [3.05, 3.63) is 82.9 Å². The molecule has 3 aliphatic carbocycles. The topological polar surface area (TPSA) is 221 Å². The number of ketones is 1. The van der Waals surface area contributed by atoms with Crippen LogP contribution in [0.4, 0.5) is 0 Å². The van der Waals surface area contributed by atoms with Crippen LogP contribution in [0.5, 0.6) is 0 Å². The zero-order chi connectivity index (χ0) is 45.0. The molecule has 2 bridgehead atoms. The lowest BCUT2D eigenvalue weighted by molar-refractivity contribution is -0.346. The van der Waals surface area contributed by atoms with Crippen molar-refractivity contribution >= 4 is 35.6 Å². The van der Waals surface area contributed by atoms with E-state index in [9.17, 15) is 39.3 Å². The number of carbonyl (C=O) groups is 6. The number of rotatable bonds is 10. The Morgan fingerprint density at radius 1 is 0.918 bits per heavy atom. The van der Waals surface area contributed by atoms with Gasteiger partial charge in [0, 0.05) is 38.5 Å². The number of fused-ring (bicyclic) bond motifs is 5. The maximum atomic E-state index is 15.5. The van der Waals surface area contributed by atoms with Crippen LogP contribution in [-0.4, -0.2) is 105 Å². The first-order valence-corrected chi connectivity index (χ1v) is 20.5. The quantitative estimate of drug-likeness (QED) is 0.152. The molecule has 15 heteroatoms. The summed E-state index contributed by atoms with van der Waals surface area (Å²) in [6.07, 6.45) is -10.3. The van der Waals surface area contributed by atoms with Gasteiger partial charge in [-0.25, -0.2) is 9.59 Å². The van der Waals surface area contributed by atoms with Gasteiger partial charge in [0.2, 0.25) is 5.91 Å². The molecule has 11 atom stereocenters. The highest BCUT2D eigenvalue weighted by atomic mass is 16.6. The minimum absolute atomic E-state index is 0.00739. The van der Waals surface area contributed by atoms with Gasteiger partial charge >= 0.3 is 23.9 Å². The van der Waals surface area contributed by atoms with Gasteiger partial charge in [-0.1, -0.05) is 83.1 Å². The molecule has 2 saturated carbocycles. The van der Waals surface area contributed by atoms with Crippen LogP contribution in [0.15, 0.2) is 71.8 Å². The maximum absolute atomic E-state index is 15.5. The largest absolute Gasteiger partial charge is 0.456 e.